The Morgan fingerprint density at radius 3 is 2.64 bits per heavy atom. The van der Waals surface area contributed by atoms with Gasteiger partial charge >= 0.3 is 0 Å². The van der Waals surface area contributed by atoms with Crippen molar-refractivity contribution in [3.05, 3.63) is 24.0 Å². The summed E-state index contributed by atoms with van der Waals surface area (Å²) in [5, 5.41) is 0. The first kappa shape index (κ1) is 9.27. The van der Waals surface area contributed by atoms with Crippen LogP contribution in [0.5, 0.6) is 0 Å². The predicted molar refractivity (Wildman–Crippen MR) is 53.8 cm³/mol. The fourth-order valence-electron chi connectivity index (χ4n) is 1.62. The first-order chi connectivity index (χ1) is 6.77. The van der Waals surface area contributed by atoms with E-state index in [4.69, 9.17) is 10.5 Å². The van der Waals surface area contributed by atoms with Gasteiger partial charge in [0.1, 0.15) is 5.82 Å². The second kappa shape index (κ2) is 3.84. The SMILES string of the molecule is Nc1cc(F)ccc1N1CCOCC1. The van der Waals surface area contributed by atoms with Crippen molar-refractivity contribution in [3.8, 4) is 0 Å². The molecule has 0 amide bonds. The molecule has 14 heavy (non-hydrogen) atoms. The highest BCUT2D eigenvalue weighted by atomic mass is 19.1. The quantitative estimate of drug-likeness (QED) is 0.687. The van der Waals surface area contributed by atoms with E-state index in [9.17, 15) is 4.39 Å². The van der Waals surface area contributed by atoms with Crippen LogP contribution in [0.2, 0.25) is 0 Å². The number of morpholine rings is 1. The van der Waals surface area contributed by atoms with Crippen LogP contribution in [-0.2, 0) is 4.74 Å². The first-order valence-corrected chi connectivity index (χ1v) is 4.65. The van der Waals surface area contributed by atoms with Crippen LogP contribution in [0.25, 0.3) is 0 Å². The van der Waals surface area contributed by atoms with Gasteiger partial charge in [-0.3, -0.25) is 0 Å². The summed E-state index contributed by atoms with van der Waals surface area (Å²) in [6.45, 7) is 3.04. The Morgan fingerprint density at radius 2 is 2.00 bits per heavy atom. The van der Waals surface area contributed by atoms with E-state index in [1.54, 1.807) is 6.07 Å². The maximum absolute atomic E-state index is 12.8. The zero-order valence-corrected chi connectivity index (χ0v) is 7.87. The van der Waals surface area contributed by atoms with Crippen molar-refractivity contribution in [1.82, 2.24) is 0 Å². The van der Waals surface area contributed by atoms with Gasteiger partial charge in [-0.05, 0) is 18.2 Å². The second-order valence-corrected chi connectivity index (χ2v) is 3.30. The van der Waals surface area contributed by atoms with Crippen LogP contribution in [0.4, 0.5) is 15.8 Å². The van der Waals surface area contributed by atoms with E-state index < -0.39 is 0 Å². The molecule has 2 N–H and O–H groups in total. The van der Waals surface area contributed by atoms with Gasteiger partial charge in [-0.15, -0.1) is 0 Å². The topological polar surface area (TPSA) is 38.5 Å². The average molecular weight is 196 g/mol. The minimum absolute atomic E-state index is 0.292. The van der Waals surface area contributed by atoms with Crippen LogP contribution in [-0.4, -0.2) is 26.3 Å². The molecular weight excluding hydrogens is 183 g/mol. The Morgan fingerprint density at radius 1 is 1.29 bits per heavy atom. The number of nitrogens with two attached hydrogens (primary N) is 1. The summed E-state index contributed by atoms with van der Waals surface area (Å²) in [6.07, 6.45) is 0. The number of halogens is 1. The molecule has 1 aliphatic heterocycles. The second-order valence-electron chi connectivity index (χ2n) is 3.30. The molecule has 1 aromatic rings. The highest BCUT2D eigenvalue weighted by molar-refractivity contribution is 5.67. The van der Waals surface area contributed by atoms with Gasteiger partial charge in [-0.2, -0.15) is 0 Å². The summed E-state index contributed by atoms with van der Waals surface area (Å²) in [5.41, 5.74) is 7.12. The number of rotatable bonds is 1. The Bertz CT molecular complexity index is 324. The molecule has 0 aliphatic carbocycles. The molecule has 2 rings (SSSR count). The third-order valence-corrected chi connectivity index (χ3v) is 2.34. The fourth-order valence-corrected chi connectivity index (χ4v) is 1.62. The molecule has 0 saturated carbocycles. The summed E-state index contributed by atoms with van der Waals surface area (Å²) in [5.74, 6) is -0.292. The molecule has 1 aliphatic rings. The Balaban J connectivity index is 2.22. The Hall–Kier alpha value is -1.29. The Kier molecular flexibility index (Phi) is 2.54. The van der Waals surface area contributed by atoms with Crippen LogP contribution < -0.4 is 10.6 Å². The van der Waals surface area contributed by atoms with E-state index in [1.165, 1.54) is 12.1 Å². The standard InChI is InChI=1S/C10H13FN2O/c11-8-1-2-10(9(12)7-8)13-3-5-14-6-4-13/h1-2,7H,3-6,12H2. The normalized spacial score (nSPS) is 17.1. The van der Waals surface area contributed by atoms with Crippen LogP contribution >= 0.6 is 0 Å². The number of nitrogen functional groups attached to an aromatic ring is 1. The van der Waals surface area contributed by atoms with Gasteiger partial charge in [-0.25, -0.2) is 4.39 Å². The van der Waals surface area contributed by atoms with Crippen molar-refractivity contribution in [2.75, 3.05) is 36.9 Å². The van der Waals surface area contributed by atoms with E-state index in [0.717, 1.165) is 18.8 Å². The molecule has 0 aromatic heterocycles. The predicted octanol–water partition coefficient (Wildman–Crippen LogP) is 1.24. The van der Waals surface area contributed by atoms with Crippen LogP contribution in [0, 0.1) is 5.82 Å². The highest BCUT2D eigenvalue weighted by Gasteiger charge is 2.13. The molecular formula is C10H13FN2O. The summed E-state index contributed by atoms with van der Waals surface area (Å²) in [4.78, 5) is 2.11. The molecule has 0 bridgehead atoms. The minimum Gasteiger partial charge on any atom is -0.397 e. The number of benzene rings is 1. The van der Waals surface area contributed by atoms with Crippen molar-refractivity contribution >= 4 is 11.4 Å². The molecule has 4 heteroatoms. The lowest BCUT2D eigenvalue weighted by molar-refractivity contribution is 0.123. The summed E-state index contributed by atoms with van der Waals surface area (Å²) in [6, 6.07) is 4.50. The van der Waals surface area contributed by atoms with E-state index in [2.05, 4.69) is 4.90 Å². The van der Waals surface area contributed by atoms with E-state index in [-0.39, 0.29) is 5.82 Å². The molecule has 1 aromatic carbocycles. The van der Waals surface area contributed by atoms with Gasteiger partial charge in [0.15, 0.2) is 0 Å². The monoisotopic (exact) mass is 196 g/mol. The summed E-state index contributed by atoms with van der Waals surface area (Å²) < 4.78 is 18.0. The largest absolute Gasteiger partial charge is 0.397 e. The fraction of sp³-hybridized carbons (Fsp3) is 0.400. The molecule has 1 heterocycles. The van der Waals surface area contributed by atoms with Crippen molar-refractivity contribution in [3.63, 3.8) is 0 Å². The number of nitrogens with zero attached hydrogens (tertiary/aromatic N) is 1. The van der Waals surface area contributed by atoms with Crippen LogP contribution in [0.1, 0.15) is 0 Å². The molecule has 0 unspecified atom stereocenters. The molecule has 0 radical (unpaired) electrons. The van der Waals surface area contributed by atoms with Crippen LogP contribution in [0.15, 0.2) is 18.2 Å². The Labute approximate surface area is 82.3 Å². The van der Waals surface area contributed by atoms with E-state index in [0.29, 0.717) is 18.9 Å². The molecule has 0 spiro atoms. The zero-order valence-electron chi connectivity index (χ0n) is 7.87. The third kappa shape index (κ3) is 1.80. The van der Waals surface area contributed by atoms with Gasteiger partial charge in [0.05, 0.1) is 24.6 Å². The lowest BCUT2D eigenvalue weighted by atomic mass is 10.2. The minimum atomic E-state index is -0.292. The van der Waals surface area contributed by atoms with Gasteiger partial charge in [0, 0.05) is 13.1 Å². The molecule has 3 nitrogen and oxygen atoms in total. The molecule has 1 fully saturated rings. The van der Waals surface area contributed by atoms with Gasteiger partial charge < -0.3 is 15.4 Å². The average Bonchev–Trinajstić information content (AvgIpc) is 2.19. The smallest absolute Gasteiger partial charge is 0.125 e. The van der Waals surface area contributed by atoms with Gasteiger partial charge in [-0.1, -0.05) is 0 Å². The molecule has 0 atom stereocenters. The van der Waals surface area contributed by atoms with E-state index in [1.807, 2.05) is 0 Å². The third-order valence-electron chi connectivity index (χ3n) is 2.34. The lowest BCUT2D eigenvalue weighted by Gasteiger charge is -2.29. The van der Waals surface area contributed by atoms with Crippen molar-refractivity contribution in [2.45, 2.75) is 0 Å². The van der Waals surface area contributed by atoms with Gasteiger partial charge in [0.25, 0.3) is 0 Å². The van der Waals surface area contributed by atoms with Crippen molar-refractivity contribution in [2.24, 2.45) is 0 Å². The lowest BCUT2D eigenvalue weighted by Crippen LogP contribution is -2.36. The zero-order chi connectivity index (χ0) is 9.97. The van der Waals surface area contributed by atoms with Crippen molar-refractivity contribution < 1.29 is 9.13 Å². The number of hydrogen-bond donors (Lipinski definition) is 1. The number of anilines is 2. The first-order valence-electron chi connectivity index (χ1n) is 4.65. The van der Waals surface area contributed by atoms with Gasteiger partial charge in [0.2, 0.25) is 0 Å². The number of ether oxygens (including phenoxy) is 1. The maximum atomic E-state index is 12.8. The maximum Gasteiger partial charge on any atom is 0.125 e. The van der Waals surface area contributed by atoms with Crippen LogP contribution in [0.3, 0.4) is 0 Å². The molecule has 1 saturated heterocycles. The summed E-state index contributed by atoms with van der Waals surface area (Å²) >= 11 is 0. The van der Waals surface area contributed by atoms with E-state index >= 15 is 0 Å². The van der Waals surface area contributed by atoms with Crippen molar-refractivity contribution in [1.29, 1.82) is 0 Å². The highest BCUT2D eigenvalue weighted by Crippen LogP contribution is 2.24. The molecule has 76 valence electrons. The summed E-state index contributed by atoms with van der Waals surface area (Å²) in [7, 11) is 0. The number of hydrogen-bond acceptors (Lipinski definition) is 3.